The van der Waals surface area contributed by atoms with Gasteiger partial charge in [0, 0.05) is 6.04 Å². The molecule has 2 unspecified atom stereocenters. The van der Waals surface area contributed by atoms with Crippen molar-refractivity contribution in [2.75, 3.05) is 5.32 Å². The molecule has 0 aliphatic heterocycles. The quantitative estimate of drug-likeness (QED) is 0.809. The Morgan fingerprint density at radius 2 is 2.18 bits per heavy atom. The Morgan fingerprint density at radius 1 is 1.47 bits per heavy atom. The molecule has 2 atom stereocenters. The molecule has 3 nitrogen and oxygen atoms in total. The molecule has 0 radical (unpaired) electrons. The van der Waals surface area contributed by atoms with E-state index < -0.39 is 0 Å². The molecule has 1 aromatic rings. The van der Waals surface area contributed by atoms with E-state index in [1.54, 1.807) is 12.1 Å². The molecule has 0 spiro atoms. The number of rotatable bonds is 5. The zero-order valence-electron chi connectivity index (χ0n) is 10.5. The van der Waals surface area contributed by atoms with E-state index in [1.165, 1.54) is 6.42 Å². The molecule has 92 valence electrons. The van der Waals surface area contributed by atoms with Gasteiger partial charge in [0.25, 0.3) is 0 Å². The predicted molar refractivity (Wildman–Crippen MR) is 71.1 cm³/mol. The number of halogens is 1. The van der Waals surface area contributed by atoms with E-state index in [-0.39, 0.29) is 0 Å². The summed E-state index contributed by atoms with van der Waals surface area (Å²) in [5.41, 5.74) is 0.531. The minimum absolute atomic E-state index is 0.322. The Morgan fingerprint density at radius 3 is 2.76 bits per heavy atom. The average Bonchev–Trinajstić information content (AvgIpc) is 2.27. The van der Waals surface area contributed by atoms with Crippen LogP contribution in [-0.4, -0.2) is 11.0 Å². The molecular formula is C13H18ClN3. The molecule has 1 rings (SSSR count). The molecule has 0 aliphatic carbocycles. The number of nitrogens with zero attached hydrogens (tertiary/aromatic N) is 2. The van der Waals surface area contributed by atoms with Gasteiger partial charge in [0.2, 0.25) is 0 Å². The van der Waals surface area contributed by atoms with Crippen LogP contribution in [0.4, 0.5) is 5.82 Å². The Kier molecular flexibility index (Phi) is 5.24. The van der Waals surface area contributed by atoms with Crippen LogP contribution < -0.4 is 5.32 Å². The van der Waals surface area contributed by atoms with E-state index in [1.807, 2.05) is 0 Å². The molecule has 17 heavy (non-hydrogen) atoms. The third-order valence-electron chi connectivity index (χ3n) is 2.77. The van der Waals surface area contributed by atoms with Gasteiger partial charge in [-0.15, -0.1) is 0 Å². The summed E-state index contributed by atoms with van der Waals surface area (Å²) in [4.78, 5) is 4.16. The van der Waals surface area contributed by atoms with Crippen LogP contribution in [0.25, 0.3) is 0 Å². The number of anilines is 1. The maximum absolute atomic E-state index is 8.84. The van der Waals surface area contributed by atoms with Gasteiger partial charge in [0.15, 0.2) is 0 Å². The van der Waals surface area contributed by atoms with Gasteiger partial charge < -0.3 is 5.32 Å². The molecule has 1 N–H and O–H groups in total. The number of aromatic nitrogens is 1. The number of hydrogen-bond acceptors (Lipinski definition) is 3. The highest BCUT2D eigenvalue weighted by Crippen LogP contribution is 2.17. The first-order valence-electron chi connectivity index (χ1n) is 5.89. The van der Waals surface area contributed by atoms with Crippen molar-refractivity contribution in [1.82, 2.24) is 4.98 Å². The molecule has 1 heterocycles. The monoisotopic (exact) mass is 251 g/mol. The maximum atomic E-state index is 8.84. The predicted octanol–water partition coefficient (Wildman–Crippen LogP) is 3.84. The molecule has 0 saturated carbocycles. The summed E-state index contributed by atoms with van der Waals surface area (Å²) in [5, 5.41) is 12.5. The van der Waals surface area contributed by atoms with Crippen LogP contribution in [0, 0.1) is 17.2 Å². The third-order valence-corrected chi connectivity index (χ3v) is 2.96. The fourth-order valence-electron chi connectivity index (χ4n) is 1.72. The summed E-state index contributed by atoms with van der Waals surface area (Å²) in [7, 11) is 0. The Bertz CT molecular complexity index is 412. The number of nitrogens with one attached hydrogen (secondary N) is 1. The van der Waals surface area contributed by atoms with Gasteiger partial charge in [0.1, 0.15) is 11.0 Å². The standard InChI is InChI=1S/C13H18ClN3/c1-4-9(2)5-10(3)16-13-7-11(8-15)6-12(14)17-13/h6-7,9-10H,4-5H2,1-3H3,(H,16,17). The van der Waals surface area contributed by atoms with Crippen molar-refractivity contribution in [2.24, 2.45) is 5.92 Å². The molecular weight excluding hydrogens is 234 g/mol. The van der Waals surface area contributed by atoms with E-state index in [0.717, 1.165) is 6.42 Å². The van der Waals surface area contributed by atoms with Crippen molar-refractivity contribution >= 4 is 17.4 Å². The smallest absolute Gasteiger partial charge is 0.132 e. The fourth-order valence-corrected chi connectivity index (χ4v) is 1.93. The van der Waals surface area contributed by atoms with E-state index in [2.05, 4.69) is 37.1 Å². The number of hydrogen-bond donors (Lipinski definition) is 1. The van der Waals surface area contributed by atoms with Gasteiger partial charge in [-0.3, -0.25) is 0 Å². The van der Waals surface area contributed by atoms with Crippen molar-refractivity contribution < 1.29 is 0 Å². The van der Waals surface area contributed by atoms with E-state index in [9.17, 15) is 0 Å². The molecule has 1 aromatic heterocycles. The highest BCUT2D eigenvalue weighted by atomic mass is 35.5. The van der Waals surface area contributed by atoms with Crippen LogP contribution in [0.1, 0.15) is 39.2 Å². The van der Waals surface area contributed by atoms with Crippen molar-refractivity contribution in [3.8, 4) is 6.07 Å². The lowest BCUT2D eigenvalue weighted by atomic mass is 10.0. The zero-order chi connectivity index (χ0) is 12.8. The average molecular weight is 252 g/mol. The second kappa shape index (κ2) is 6.46. The summed E-state index contributed by atoms with van der Waals surface area (Å²) < 4.78 is 0. The van der Waals surface area contributed by atoms with E-state index >= 15 is 0 Å². The minimum atomic E-state index is 0.322. The fraction of sp³-hybridized carbons (Fsp3) is 0.538. The normalized spacial score (nSPS) is 13.8. The summed E-state index contributed by atoms with van der Waals surface area (Å²) in [6.45, 7) is 6.52. The topological polar surface area (TPSA) is 48.7 Å². The molecule has 0 bridgehead atoms. The first-order chi connectivity index (χ1) is 8.05. The lowest BCUT2D eigenvalue weighted by Gasteiger charge is -2.18. The second-order valence-electron chi connectivity index (χ2n) is 4.47. The van der Waals surface area contributed by atoms with Crippen LogP contribution >= 0.6 is 11.6 Å². The van der Waals surface area contributed by atoms with Crippen molar-refractivity contribution in [3.05, 3.63) is 22.8 Å². The summed E-state index contributed by atoms with van der Waals surface area (Å²) >= 11 is 5.84. The number of pyridine rings is 1. The molecule has 0 aromatic carbocycles. The van der Waals surface area contributed by atoms with Gasteiger partial charge in [-0.05, 0) is 31.4 Å². The van der Waals surface area contributed by atoms with Crippen molar-refractivity contribution in [3.63, 3.8) is 0 Å². The van der Waals surface area contributed by atoms with Crippen LogP contribution in [0.5, 0.6) is 0 Å². The van der Waals surface area contributed by atoms with Gasteiger partial charge in [-0.1, -0.05) is 31.9 Å². The minimum Gasteiger partial charge on any atom is -0.368 e. The van der Waals surface area contributed by atoms with Crippen LogP contribution in [0.15, 0.2) is 12.1 Å². The first-order valence-corrected chi connectivity index (χ1v) is 6.27. The SMILES string of the molecule is CCC(C)CC(C)Nc1cc(C#N)cc(Cl)n1. The van der Waals surface area contributed by atoms with Crippen molar-refractivity contribution in [2.45, 2.75) is 39.7 Å². The lowest BCUT2D eigenvalue weighted by Crippen LogP contribution is -2.19. The lowest BCUT2D eigenvalue weighted by molar-refractivity contribution is 0.483. The molecule has 0 fully saturated rings. The zero-order valence-corrected chi connectivity index (χ0v) is 11.3. The van der Waals surface area contributed by atoms with Crippen molar-refractivity contribution in [1.29, 1.82) is 5.26 Å². The van der Waals surface area contributed by atoms with Gasteiger partial charge in [-0.25, -0.2) is 4.98 Å². The van der Waals surface area contributed by atoms with Crippen LogP contribution in [0.3, 0.4) is 0 Å². The number of nitriles is 1. The molecule has 0 amide bonds. The van der Waals surface area contributed by atoms with Gasteiger partial charge in [0.05, 0.1) is 11.6 Å². The van der Waals surface area contributed by atoms with E-state index in [4.69, 9.17) is 16.9 Å². The largest absolute Gasteiger partial charge is 0.368 e. The third kappa shape index (κ3) is 4.62. The summed E-state index contributed by atoms with van der Waals surface area (Å²) in [6, 6.07) is 5.67. The first kappa shape index (κ1) is 13.8. The Balaban J connectivity index is 2.68. The molecule has 4 heteroatoms. The summed E-state index contributed by atoms with van der Waals surface area (Å²) in [6.07, 6.45) is 2.24. The van der Waals surface area contributed by atoms with Gasteiger partial charge in [-0.2, -0.15) is 5.26 Å². The Labute approximate surface area is 108 Å². The molecule has 0 aliphatic rings. The highest BCUT2D eigenvalue weighted by Gasteiger charge is 2.08. The van der Waals surface area contributed by atoms with Crippen LogP contribution in [-0.2, 0) is 0 Å². The van der Waals surface area contributed by atoms with Crippen LogP contribution in [0.2, 0.25) is 5.15 Å². The maximum Gasteiger partial charge on any atom is 0.132 e. The highest BCUT2D eigenvalue weighted by molar-refractivity contribution is 6.29. The van der Waals surface area contributed by atoms with E-state index in [0.29, 0.717) is 28.5 Å². The molecule has 0 saturated heterocycles. The van der Waals surface area contributed by atoms with Gasteiger partial charge >= 0.3 is 0 Å². The summed E-state index contributed by atoms with van der Waals surface area (Å²) in [5.74, 6) is 1.34. The second-order valence-corrected chi connectivity index (χ2v) is 4.86. The Hall–Kier alpha value is -1.27.